The molecular weight excluding hydrogens is 401 g/mol. The molecule has 2 aliphatic rings. The third-order valence-electron chi connectivity index (χ3n) is 5.13. The van der Waals surface area contributed by atoms with Crippen LogP contribution in [0.25, 0.3) is 0 Å². The molecule has 4 rings (SSSR count). The van der Waals surface area contributed by atoms with Gasteiger partial charge in [0.2, 0.25) is 5.91 Å². The number of pyridine rings is 1. The predicted molar refractivity (Wildman–Crippen MR) is 103 cm³/mol. The predicted octanol–water partition coefficient (Wildman–Crippen LogP) is 2.27. The molecule has 0 bridgehead atoms. The summed E-state index contributed by atoms with van der Waals surface area (Å²) in [5, 5.41) is 0.589. The number of benzene rings is 1. The molecule has 0 unspecified atom stereocenters. The first-order chi connectivity index (χ1) is 14.0. The zero-order chi connectivity index (χ0) is 20.5. The summed E-state index contributed by atoms with van der Waals surface area (Å²) in [6, 6.07) is 7.48. The summed E-state index contributed by atoms with van der Waals surface area (Å²) in [4.78, 5) is 32.9. The highest BCUT2D eigenvalue weighted by Gasteiger charge is 2.47. The molecule has 0 radical (unpaired) electrons. The molecule has 9 heteroatoms. The summed E-state index contributed by atoms with van der Waals surface area (Å²) >= 11 is 5.93. The molecule has 0 spiro atoms. The summed E-state index contributed by atoms with van der Waals surface area (Å²) < 4.78 is 24.7. The molecular formula is C20H19ClFN3O4. The lowest BCUT2D eigenvalue weighted by Crippen LogP contribution is -2.65. The van der Waals surface area contributed by atoms with Crippen molar-refractivity contribution in [1.82, 2.24) is 9.88 Å². The summed E-state index contributed by atoms with van der Waals surface area (Å²) in [6.07, 6.45) is 1.32. The summed E-state index contributed by atoms with van der Waals surface area (Å²) in [5.41, 5.74) is 0.850. The molecule has 0 saturated carbocycles. The average molecular weight is 420 g/mol. The molecule has 2 saturated heterocycles. The fourth-order valence-corrected chi connectivity index (χ4v) is 3.65. The lowest BCUT2D eigenvalue weighted by atomic mass is 9.92. The van der Waals surface area contributed by atoms with Crippen LogP contribution in [0.3, 0.4) is 0 Å². The normalized spacial score (nSPS) is 20.0. The van der Waals surface area contributed by atoms with Crippen molar-refractivity contribution in [2.45, 2.75) is 12.6 Å². The van der Waals surface area contributed by atoms with Crippen molar-refractivity contribution in [2.75, 3.05) is 31.8 Å². The largest absolute Gasteiger partial charge is 0.495 e. The maximum Gasteiger partial charge on any atom is 0.251 e. The second kappa shape index (κ2) is 7.96. The van der Waals surface area contributed by atoms with Crippen LogP contribution >= 0.6 is 11.6 Å². The number of nitrogens with zero attached hydrogens (tertiary/aromatic N) is 3. The molecule has 1 aromatic carbocycles. The van der Waals surface area contributed by atoms with Crippen LogP contribution in [0.2, 0.25) is 5.02 Å². The molecule has 0 aliphatic carbocycles. The minimum atomic E-state index is -0.746. The highest BCUT2D eigenvalue weighted by atomic mass is 35.5. The highest BCUT2D eigenvalue weighted by molar-refractivity contribution is 6.30. The van der Waals surface area contributed by atoms with Crippen LogP contribution in [-0.2, 0) is 20.9 Å². The minimum absolute atomic E-state index is 0.150. The van der Waals surface area contributed by atoms with Crippen molar-refractivity contribution in [2.24, 2.45) is 5.92 Å². The van der Waals surface area contributed by atoms with Gasteiger partial charge in [0.05, 0.1) is 26.5 Å². The first-order valence-electron chi connectivity index (χ1n) is 9.10. The first kappa shape index (κ1) is 19.6. The number of aromatic nitrogens is 1. The number of rotatable bonds is 5. The average Bonchev–Trinajstić information content (AvgIpc) is 2.67. The molecule has 152 valence electrons. The van der Waals surface area contributed by atoms with Gasteiger partial charge in [-0.3, -0.25) is 14.5 Å². The number of carbonyl (C=O) groups is 2. The molecule has 1 aromatic heterocycles. The van der Waals surface area contributed by atoms with Crippen LogP contribution in [0.1, 0.15) is 5.56 Å². The SMILES string of the molecule is COc1cnc(N2CC(=O)N(Cc3ccc(Cl)cc3)[C@H](C3COC3)C2=O)c(F)c1. The van der Waals surface area contributed by atoms with E-state index in [0.717, 1.165) is 16.5 Å². The van der Waals surface area contributed by atoms with Gasteiger partial charge in [0.1, 0.15) is 18.3 Å². The van der Waals surface area contributed by atoms with Crippen molar-refractivity contribution in [3.05, 3.63) is 52.9 Å². The van der Waals surface area contributed by atoms with Crippen LogP contribution in [0.5, 0.6) is 5.75 Å². The zero-order valence-electron chi connectivity index (χ0n) is 15.7. The van der Waals surface area contributed by atoms with E-state index in [4.69, 9.17) is 21.1 Å². The third kappa shape index (κ3) is 3.77. The number of carbonyl (C=O) groups excluding carboxylic acids is 2. The second-order valence-electron chi connectivity index (χ2n) is 7.00. The van der Waals surface area contributed by atoms with Gasteiger partial charge < -0.3 is 14.4 Å². The Balaban J connectivity index is 1.64. The van der Waals surface area contributed by atoms with E-state index in [9.17, 15) is 14.0 Å². The van der Waals surface area contributed by atoms with Gasteiger partial charge in [0, 0.05) is 23.6 Å². The third-order valence-corrected chi connectivity index (χ3v) is 5.39. The Bertz CT molecular complexity index is 936. The number of amides is 2. The Hall–Kier alpha value is -2.71. The van der Waals surface area contributed by atoms with Crippen LogP contribution in [-0.4, -0.2) is 54.6 Å². The van der Waals surface area contributed by atoms with Crippen molar-refractivity contribution >= 4 is 29.2 Å². The van der Waals surface area contributed by atoms with E-state index in [1.165, 1.54) is 18.2 Å². The molecule has 1 atom stereocenters. The van der Waals surface area contributed by atoms with Crippen LogP contribution in [0, 0.1) is 11.7 Å². The highest BCUT2D eigenvalue weighted by Crippen LogP contribution is 2.30. The van der Waals surface area contributed by atoms with Crippen LogP contribution in [0.4, 0.5) is 10.2 Å². The lowest BCUT2D eigenvalue weighted by molar-refractivity contribution is -0.155. The number of halogens is 2. The van der Waals surface area contributed by atoms with E-state index in [1.807, 2.05) is 12.1 Å². The van der Waals surface area contributed by atoms with E-state index in [0.29, 0.717) is 18.2 Å². The maximum absolute atomic E-state index is 14.5. The summed E-state index contributed by atoms with van der Waals surface area (Å²) in [7, 11) is 1.40. The van der Waals surface area contributed by atoms with Gasteiger partial charge in [-0.2, -0.15) is 0 Å². The van der Waals surface area contributed by atoms with Gasteiger partial charge in [-0.1, -0.05) is 23.7 Å². The van der Waals surface area contributed by atoms with Gasteiger partial charge in [0.15, 0.2) is 11.6 Å². The fourth-order valence-electron chi connectivity index (χ4n) is 3.52. The van der Waals surface area contributed by atoms with Gasteiger partial charge in [-0.05, 0) is 17.7 Å². The van der Waals surface area contributed by atoms with Crippen molar-refractivity contribution in [3.63, 3.8) is 0 Å². The Morgan fingerprint density at radius 1 is 1.28 bits per heavy atom. The molecule has 0 N–H and O–H groups in total. The lowest BCUT2D eigenvalue weighted by Gasteiger charge is -2.45. The Morgan fingerprint density at radius 3 is 2.59 bits per heavy atom. The molecule has 2 aromatic rings. The number of piperazine rings is 1. The van der Waals surface area contributed by atoms with Gasteiger partial charge in [-0.25, -0.2) is 9.37 Å². The second-order valence-corrected chi connectivity index (χ2v) is 7.43. The standard InChI is InChI=1S/C20H19ClFN3O4/c1-28-15-6-16(22)19(23-7-15)25-9-17(26)24(8-12-2-4-14(21)5-3-12)18(20(25)27)13-10-29-11-13/h2-7,13,18H,8-11H2,1H3/t18-/m1/s1. The van der Waals surface area contributed by atoms with E-state index < -0.39 is 11.9 Å². The van der Waals surface area contributed by atoms with E-state index in [1.54, 1.807) is 12.1 Å². The van der Waals surface area contributed by atoms with E-state index in [-0.39, 0.29) is 42.4 Å². The number of ether oxygens (including phenoxy) is 2. The fraction of sp³-hybridized carbons (Fsp3) is 0.350. The summed E-state index contributed by atoms with van der Waals surface area (Å²) in [5.74, 6) is -1.48. The van der Waals surface area contributed by atoms with Crippen molar-refractivity contribution < 1.29 is 23.5 Å². The smallest absolute Gasteiger partial charge is 0.251 e. The minimum Gasteiger partial charge on any atom is -0.495 e. The Kier molecular flexibility index (Phi) is 5.38. The van der Waals surface area contributed by atoms with Crippen molar-refractivity contribution in [1.29, 1.82) is 0 Å². The van der Waals surface area contributed by atoms with Gasteiger partial charge in [0.25, 0.3) is 5.91 Å². The Morgan fingerprint density at radius 2 is 2.00 bits per heavy atom. The molecule has 29 heavy (non-hydrogen) atoms. The van der Waals surface area contributed by atoms with Gasteiger partial charge >= 0.3 is 0 Å². The molecule has 2 amide bonds. The zero-order valence-corrected chi connectivity index (χ0v) is 16.4. The van der Waals surface area contributed by atoms with Crippen molar-refractivity contribution in [3.8, 4) is 5.75 Å². The topological polar surface area (TPSA) is 72.0 Å². The summed E-state index contributed by atoms with van der Waals surface area (Å²) in [6.45, 7) is 0.711. The van der Waals surface area contributed by atoms with E-state index >= 15 is 0 Å². The quantitative estimate of drug-likeness (QED) is 0.743. The molecule has 3 heterocycles. The first-order valence-corrected chi connectivity index (χ1v) is 9.48. The molecule has 7 nitrogen and oxygen atoms in total. The molecule has 2 aliphatic heterocycles. The van der Waals surface area contributed by atoms with Crippen LogP contribution < -0.4 is 9.64 Å². The molecule has 2 fully saturated rings. The number of hydrogen-bond donors (Lipinski definition) is 0. The number of hydrogen-bond acceptors (Lipinski definition) is 5. The Labute approximate surface area is 172 Å². The number of methoxy groups -OCH3 is 1. The van der Waals surface area contributed by atoms with Gasteiger partial charge in [-0.15, -0.1) is 0 Å². The van der Waals surface area contributed by atoms with E-state index in [2.05, 4.69) is 4.98 Å². The van der Waals surface area contributed by atoms with Crippen LogP contribution in [0.15, 0.2) is 36.5 Å². The number of anilines is 1. The maximum atomic E-state index is 14.5. The monoisotopic (exact) mass is 419 g/mol.